The van der Waals surface area contributed by atoms with Gasteiger partial charge in [-0.3, -0.25) is 4.98 Å². The molecule has 0 atom stereocenters. The molecule has 0 spiro atoms. The fraction of sp³-hybridized carbons (Fsp3) is 0.188. The van der Waals surface area contributed by atoms with E-state index in [9.17, 15) is 9.59 Å². The highest BCUT2D eigenvalue weighted by molar-refractivity contribution is 5.94. The van der Waals surface area contributed by atoms with Gasteiger partial charge in [0.2, 0.25) is 0 Å². The summed E-state index contributed by atoms with van der Waals surface area (Å²) in [6.45, 7) is 2.16. The lowest BCUT2D eigenvalue weighted by Crippen LogP contribution is -2.28. The normalized spacial score (nSPS) is 9.91. The molecule has 0 aliphatic carbocycles. The smallest absolute Gasteiger partial charge is 0.337 e. The fourth-order valence-corrected chi connectivity index (χ4v) is 1.84. The van der Waals surface area contributed by atoms with Crippen LogP contribution in [0, 0.1) is 6.92 Å². The monoisotopic (exact) mass is 299 g/mol. The van der Waals surface area contributed by atoms with Crippen LogP contribution in [-0.4, -0.2) is 24.1 Å². The number of ether oxygens (including phenoxy) is 1. The predicted molar refractivity (Wildman–Crippen MR) is 82.6 cm³/mol. The lowest BCUT2D eigenvalue weighted by atomic mass is 10.1. The molecule has 2 amide bonds. The van der Waals surface area contributed by atoms with Crippen LogP contribution in [0.3, 0.4) is 0 Å². The average Bonchev–Trinajstić information content (AvgIpc) is 2.55. The van der Waals surface area contributed by atoms with E-state index in [0.29, 0.717) is 17.8 Å². The van der Waals surface area contributed by atoms with Crippen molar-refractivity contribution in [1.29, 1.82) is 0 Å². The zero-order valence-electron chi connectivity index (χ0n) is 12.4. The van der Waals surface area contributed by atoms with Gasteiger partial charge in [0.25, 0.3) is 0 Å². The molecule has 2 aromatic rings. The van der Waals surface area contributed by atoms with E-state index in [1.165, 1.54) is 7.11 Å². The number of carbonyl (C=O) groups is 2. The number of aromatic nitrogens is 1. The molecule has 1 aromatic heterocycles. The summed E-state index contributed by atoms with van der Waals surface area (Å²) < 4.78 is 4.67. The van der Waals surface area contributed by atoms with Crippen LogP contribution in [0.5, 0.6) is 0 Å². The number of urea groups is 1. The number of anilines is 1. The van der Waals surface area contributed by atoms with Crippen molar-refractivity contribution in [3.63, 3.8) is 0 Å². The number of nitrogens with one attached hydrogen (secondary N) is 2. The Labute approximate surface area is 128 Å². The Hall–Kier alpha value is -2.89. The number of nitrogens with zero attached hydrogens (tertiary/aromatic N) is 1. The zero-order valence-corrected chi connectivity index (χ0v) is 12.4. The van der Waals surface area contributed by atoms with Crippen molar-refractivity contribution in [2.24, 2.45) is 0 Å². The van der Waals surface area contributed by atoms with E-state index in [0.717, 1.165) is 11.3 Å². The molecule has 22 heavy (non-hydrogen) atoms. The number of pyridine rings is 1. The summed E-state index contributed by atoms with van der Waals surface area (Å²) in [7, 11) is 1.31. The summed E-state index contributed by atoms with van der Waals surface area (Å²) >= 11 is 0. The standard InChI is InChI=1S/C16H17N3O3/c1-11-6-7-12(15(20)22-2)9-14(11)19-16(21)18-10-13-5-3-4-8-17-13/h3-9H,10H2,1-2H3,(H2,18,19,21). The number of aryl methyl sites for hydroxylation is 1. The maximum atomic E-state index is 11.9. The molecule has 6 heteroatoms. The first-order valence-corrected chi connectivity index (χ1v) is 6.74. The Morgan fingerprint density at radius 3 is 2.73 bits per heavy atom. The molecule has 0 bridgehead atoms. The molecule has 0 radical (unpaired) electrons. The molecule has 0 aliphatic heterocycles. The van der Waals surface area contributed by atoms with Crippen molar-refractivity contribution in [1.82, 2.24) is 10.3 Å². The Morgan fingerprint density at radius 1 is 1.23 bits per heavy atom. The van der Waals surface area contributed by atoms with Crippen LogP contribution in [0.15, 0.2) is 42.6 Å². The highest BCUT2D eigenvalue weighted by Gasteiger charge is 2.10. The summed E-state index contributed by atoms with van der Waals surface area (Å²) in [5.74, 6) is -0.447. The van der Waals surface area contributed by atoms with Gasteiger partial charge in [-0.05, 0) is 36.8 Å². The molecule has 0 aliphatic rings. The van der Waals surface area contributed by atoms with Gasteiger partial charge < -0.3 is 15.4 Å². The molecule has 1 heterocycles. The van der Waals surface area contributed by atoms with Gasteiger partial charge >= 0.3 is 12.0 Å². The quantitative estimate of drug-likeness (QED) is 0.850. The summed E-state index contributed by atoms with van der Waals surface area (Å²) in [4.78, 5) is 27.6. The molecule has 0 saturated heterocycles. The Balaban J connectivity index is 2.00. The highest BCUT2D eigenvalue weighted by atomic mass is 16.5. The van der Waals surface area contributed by atoms with Crippen LogP contribution in [0.2, 0.25) is 0 Å². The third-order valence-corrected chi connectivity index (χ3v) is 3.06. The van der Waals surface area contributed by atoms with E-state index < -0.39 is 5.97 Å². The number of esters is 1. The first-order chi connectivity index (χ1) is 10.6. The fourth-order valence-electron chi connectivity index (χ4n) is 1.84. The van der Waals surface area contributed by atoms with Gasteiger partial charge in [0.15, 0.2) is 0 Å². The van der Waals surface area contributed by atoms with Crippen LogP contribution in [0.25, 0.3) is 0 Å². The number of amides is 2. The van der Waals surface area contributed by atoms with Gasteiger partial charge in [0, 0.05) is 11.9 Å². The zero-order chi connectivity index (χ0) is 15.9. The number of rotatable bonds is 4. The molecule has 114 valence electrons. The van der Waals surface area contributed by atoms with Crippen molar-refractivity contribution in [2.75, 3.05) is 12.4 Å². The highest BCUT2D eigenvalue weighted by Crippen LogP contribution is 2.17. The molecule has 6 nitrogen and oxygen atoms in total. The molecule has 2 rings (SSSR count). The van der Waals surface area contributed by atoms with E-state index in [2.05, 4.69) is 20.4 Å². The maximum Gasteiger partial charge on any atom is 0.337 e. The van der Waals surface area contributed by atoms with Crippen molar-refractivity contribution < 1.29 is 14.3 Å². The number of carbonyl (C=O) groups excluding carboxylic acids is 2. The van der Waals surface area contributed by atoms with Gasteiger partial charge in [-0.1, -0.05) is 12.1 Å². The number of benzene rings is 1. The lowest BCUT2D eigenvalue weighted by Gasteiger charge is -2.11. The van der Waals surface area contributed by atoms with Crippen LogP contribution in [0.4, 0.5) is 10.5 Å². The Kier molecular flexibility index (Phi) is 5.08. The minimum Gasteiger partial charge on any atom is -0.465 e. The van der Waals surface area contributed by atoms with E-state index in [-0.39, 0.29) is 6.03 Å². The van der Waals surface area contributed by atoms with Crippen molar-refractivity contribution >= 4 is 17.7 Å². The predicted octanol–water partition coefficient (Wildman–Crippen LogP) is 2.50. The first kappa shape index (κ1) is 15.5. The van der Waals surface area contributed by atoms with Crippen molar-refractivity contribution in [2.45, 2.75) is 13.5 Å². The van der Waals surface area contributed by atoms with E-state index in [4.69, 9.17) is 0 Å². The number of methoxy groups -OCH3 is 1. The Bertz CT molecular complexity index is 672. The number of hydrogen-bond acceptors (Lipinski definition) is 4. The maximum absolute atomic E-state index is 11.9. The minimum atomic E-state index is -0.447. The van der Waals surface area contributed by atoms with Gasteiger partial charge in [0.05, 0.1) is 24.9 Å². The summed E-state index contributed by atoms with van der Waals surface area (Å²) in [5, 5.41) is 5.42. The molecular weight excluding hydrogens is 282 g/mol. The first-order valence-electron chi connectivity index (χ1n) is 6.74. The molecule has 2 N–H and O–H groups in total. The van der Waals surface area contributed by atoms with Gasteiger partial charge in [-0.15, -0.1) is 0 Å². The third kappa shape index (κ3) is 4.05. The molecule has 0 unspecified atom stereocenters. The topological polar surface area (TPSA) is 80.3 Å². The third-order valence-electron chi connectivity index (χ3n) is 3.06. The molecule has 0 saturated carbocycles. The number of hydrogen-bond donors (Lipinski definition) is 2. The molecule has 0 fully saturated rings. The summed E-state index contributed by atoms with van der Waals surface area (Å²) in [6.07, 6.45) is 1.67. The summed E-state index contributed by atoms with van der Waals surface area (Å²) in [6, 6.07) is 10.1. The van der Waals surface area contributed by atoms with Crippen LogP contribution >= 0.6 is 0 Å². The summed E-state index contributed by atoms with van der Waals surface area (Å²) in [5.41, 5.74) is 2.55. The van der Waals surface area contributed by atoms with E-state index in [1.807, 2.05) is 25.1 Å². The van der Waals surface area contributed by atoms with Crippen molar-refractivity contribution in [3.05, 3.63) is 59.4 Å². The van der Waals surface area contributed by atoms with Crippen molar-refractivity contribution in [3.8, 4) is 0 Å². The van der Waals surface area contributed by atoms with Gasteiger partial charge in [-0.25, -0.2) is 9.59 Å². The van der Waals surface area contributed by atoms with E-state index >= 15 is 0 Å². The SMILES string of the molecule is COC(=O)c1ccc(C)c(NC(=O)NCc2ccccn2)c1. The largest absolute Gasteiger partial charge is 0.465 e. The van der Waals surface area contributed by atoms with Gasteiger partial charge in [-0.2, -0.15) is 0 Å². The van der Waals surface area contributed by atoms with E-state index in [1.54, 1.807) is 24.4 Å². The lowest BCUT2D eigenvalue weighted by molar-refractivity contribution is 0.0600. The van der Waals surface area contributed by atoms with Crippen LogP contribution in [-0.2, 0) is 11.3 Å². The second kappa shape index (κ2) is 7.21. The minimum absolute atomic E-state index is 0.322. The van der Waals surface area contributed by atoms with Gasteiger partial charge in [0.1, 0.15) is 0 Å². The molecular formula is C16H17N3O3. The second-order valence-corrected chi connectivity index (χ2v) is 4.65. The van der Waals surface area contributed by atoms with Crippen LogP contribution < -0.4 is 10.6 Å². The average molecular weight is 299 g/mol. The molecule has 1 aromatic carbocycles. The van der Waals surface area contributed by atoms with Crippen LogP contribution in [0.1, 0.15) is 21.6 Å². The second-order valence-electron chi connectivity index (χ2n) is 4.65. The Morgan fingerprint density at radius 2 is 2.05 bits per heavy atom.